The Bertz CT molecular complexity index is 392. The molecule has 0 amide bonds. The van der Waals surface area contributed by atoms with Crippen LogP contribution in [0, 0.1) is 0 Å². The number of aromatic nitrogens is 3. The van der Waals surface area contributed by atoms with E-state index in [1.165, 1.54) is 0 Å². The van der Waals surface area contributed by atoms with Gasteiger partial charge in [-0.1, -0.05) is 5.21 Å². The Morgan fingerprint density at radius 2 is 2.11 bits per heavy atom. The highest BCUT2D eigenvalue weighted by Gasteiger charge is 2.23. The van der Waals surface area contributed by atoms with E-state index >= 15 is 0 Å². The van der Waals surface area contributed by atoms with Crippen molar-refractivity contribution in [2.24, 2.45) is 0 Å². The minimum atomic E-state index is 0.00755. The van der Waals surface area contributed by atoms with Gasteiger partial charge in [-0.25, -0.2) is 4.68 Å². The third-order valence-corrected chi connectivity index (χ3v) is 3.49. The first-order valence-electron chi connectivity index (χ1n) is 6.75. The first kappa shape index (κ1) is 13.5. The fraction of sp³-hybridized carbons (Fsp3) is 0.846. The lowest BCUT2D eigenvalue weighted by Gasteiger charge is -2.36. The Morgan fingerprint density at radius 3 is 2.72 bits per heavy atom. The van der Waals surface area contributed by atoms with Crippen molar-refractivity contribution in [3.63, 3.8) is 0 Å². The minimum Gasteiger partial charge on any atom is -0.311 e. The van der Waals surface area contributed by atoms with E-state index < -0.39 is 0 Å². The van der Waals surface area contributed by atoms with Crippen LogP contribution in [0.15, 0.2) is 6.20 Å². The van der Waals surface area contributed by atoms with Crippen molar-refractivity contribution in [3.8, 4) is 0 Å². The van der Waals surface area contributed by atoms with Crippen LogP contribution in [0.4, 0.5) is 0 Å². The van der Waals surface area contributed by atoms with E-state index in [0.29, 0.717) is 12.1 Å². The van der Waals surface area contributed by atoms with Crippen molar-refractivity contribution in [1.82, 2.24) is 25.2 Å². The van der Waals surface area contributed by atoms with Gasteiger partial charge < -0.3 is 5.32 Å². The molecule has 1 aliphatic rings. The van der Waals surface area contributed by atoms with Gasteiger partial charge in [-0.2, -0.15) is 0 Å². The molecule has 0 radical (unpaired) electrons. The SMILES string of the molecule is CC1CN(Cc2cn(C(C)(C)C)nn2)C(C)CN1. The molecule has 0 saturated carbocycles. The molecular weight excluding hydrogens is 226 g/mol. The molecule has 1 aromatic heterocycles. The van der Waals surface area contributed by atoms with E-state index in [1.54, 1.807) is 0 Å². The maximum atomic E-state index is 4.29. The van der Waals surface area contributed by atoms with Gasteiger partial charge in [-0.15, -0.1) is 5.10 Å². The Kier molecular flexibility index (Phi) is 3.73. The lowest BCUT2D eigenvalue weighted by atomic mass is 10.1. The number of hydrogen-bond donors (Lipinski definition) is 1. The first-order valence-corrected chi connectivity index (χ1v) is 6.75. The van der Waals surface area contributed by atoms with Crippen molar-refractivity contribution >= 4 is 0 Å². The average Bonchev–Trinajstić information content (AvgIpc) is 2.71. The van der Waals surface area contributed by atoms with Crippen LogP contribution in [0.3, 0.4) is 0 Å². The Hall–Kier alpha value is -0.940. The molecule has 2 atom stereocenters. The highest BCUT2D eigenvalue weighted by atomic mass is 15.4. The van der Waals surface area contributed by atoms with E-state index in [2.05, 4.69) is 61.3 Å². The third kappa shape index (κ3) is 3.09. The highest BCUT2D eigenvalue weighted by molar-refractivity contribution is 4.96. The normalized spacial score (nSPS) is 26.5. The molecule has 0 spiro atoms. The van der Waals surface area contributed by atoms with Crippen molar-refractivity contribution < 1.29 is 0 Å². The van der Waals surface area contributed by atoms with E-state index in [4.69, 9.17) is 0 Å². The number of nitrogens with zero attached hydrogens (tertiary/aromatic N) is 4. The van der Waals surface area contributed by atoms with Gasteiger partial charge >= 0.3 is 0 Å². The largest absolute Gasteiger partial charge is 0.311 e. The molecule has 1 fully saturated rings. The fourth-order valence-electron chi connectivity index (χ4n) is 2.22. The molecule has 1 aromatic rings. The molecule has 0 aliphatic carbocycles. The van der Waals surface area contributed by atoms with Crippen molar-refractivity contribution in [2.75, 3.05) is 13.1 Å². The molecule has 102 valence electrons. The fourth-order valence-corrected chi connectivity index (χ4v) is 2.22. The number of hydrogen-bond acceptors (Lipinski definition) is 4. The second kappa shape index (κ2) is 4.97. The van der Waals surface area contributed by atoms with Gasteiger partial charge in [0.05, 0.1) is 17.4 Å². The van der Waals surface area contributed by atoms with Crippen LogP contribution in [-0.4, -0.2) is 45.1 Å². The summed E-state index contributed by atoms with van der Waals surface area (Å²) in [5, 5.41) is 12.0. The maximum absolute atomic E-state index is 4.29. The topological polar surface area (TPSA) is 46.0 Å². The van der Waals surface area contributed by atoms with Crippen LogP contribution >= 0.6 is 0 Å². The zero-order valence-corrected chi connectivity index (χ0v) is 12.1. The van der Waals surface area contributed by atoms with Gasteiger partial charge in [-0.3, -0.25) is 4.90 Å². The van der Waals surface area contributed by atoms with Gasteiger partial charge in [0.2, 0.25) is 0 Å². The second-order valence-corrected chi connectivity index (χ2v) is 6.41. The molecule has 0 aromatic carbocycles. The van der Waals surface area contributed by atoms with Crippen LogP contribution < -0.4 is 5.32 Å². The third-order valence-electron chi connectivity index (χ3n) is 3.49. The van der Waals surface area contributed by atoms with Crippen molar-refractivity contribution in [2.45, 2.75) is 58.8 Å². The molecule has 2 unspecified atom stereocenters. The summed E-state index contributed by atoms with van der Waals surface area (Å²) in [5.74, 6) is 0. The van der Waals surface area contributed by atoms with Gasteiger partial charge in [0, 0.05) is 31.7 Å². The van der Waals surface area contributed by atoms with Gasteiger partial charge in [0.25, 0.3) is 0 Å². The molecule has 2 rings (SSSR count). The Morgan fingerprint density at radius 1 is 1.39 bits per heavy atom. The molecule has 2 heterocycles. The molecule has 1 saturated heterocycles. The lowest BCUT2D eigenvalue weighted by Crippen LogP contribution is -2.53. The monoisotopic (exact) mass is 251 g/mol. The summed E-state index contributed by atoms with van der Waals surface area (Å²) in [7, 11) is 0. The van der Waals surface area contributed by atoms with Gasteiger partial charge in [0.15, 0.2) is 0 Å². The second-order valence-electron chi connectivity index (χ2n) is 6.41. The zero-order chi connectivity index (χ0) is 13.3. The summed E-state index contributed by atoms with van der Waals surface area (Å²) < 4.78 is 1.94. The Balaban J connectivity index is 2.02. The van der Waals surface area contributed by atoms with Gasteiger partial charge in [-0.05, 0) is 34.6 Å². The van der Waals surface area contributed by atoms with Crippen LogP contribution in [0.1, 0.15) is 40.3 Å². The number of nitrogens with one attached hydrogen (secondary N) is 1. The summed E-state index contributed by atoms with van der Waals surface area (Å²) in [4.78, 5) is 2.47. The first-order chi connectivity index (χ1) is 8.36. The maximum Gasteiger partial charge on any atom is 0.0967 e. The minimum absolute atomic E-state index is 0.00755. The summed E-state index contributed by atoms with van der Waals surface area (Å²) in [5.41, 5.74) is 1.07. The standard InChI is InChI=1S/C13H25N5/c1-10-7-17(11(2)6-14-10)8-12-9-18(16-15-12)13(3,4)5/h9-11,14H,6-8H2,1-5H3. The van der Waals surface area contributed by atoms with Crippen molar-refractivity contribution in [3.05, 3.63) is 11.9 Å². The van der Waals surface area contributed by atoms with E-state index in [-0.39, 0.29) is 5.54 Å². The van der Waals surface area contributed by atoms with Gasteiger partial charge in [0.1, 0.15) is 0 Å². The van der Waals surface area contributed by atoms with E-state index in [9.17, 15) is 0 Å². The molecule has 5 nitrogen and oxygen atoms in total. The predicted octanol–water partition coefficient (Wildman–Crippen LogP) is 1.22. The molecule has 0 bridgehead atoms. The van der Waals surface area contributed by atoms with Crippen LogP contribution in [0.25, 0.3) is 0 Å². The average molecular weight is 251 g/mol. The summed E-state index contributed by atoms with van der Waals surface area (Å²) in [6.07, 6.45) is 2.07. The van der Waals surface area contributed by atoms with Crippen molar-refractivity contribution in [1.29, 1.82) is 0 Å². The summed E-state index contributed by atoms with van der Waals surface area (Å²) in [6, 6.07) is 1.11. The predicted molar refractivity (Wildman–Crippen MR) is 72.4 cm³/mol. The molecule has 1 N–H and O–H groups in total. The quantitative estimate of drug-likeness (QED) is 0.858. The van der Waals surface area contributed by atoms with Crippen LogP contribution in [-0.2, 0) is 12.1 Å². The van der Waals surface area contributed by atoms with E-state index in [1.807, 2.05) is 4.68 Å². The highest BCUT2D eigenvalue weighted by Crippen LogP contribution is 2.14. The molecular formula is C13H25N5. The smallest absolute Gasteiger partial charge is 0.0967 e. The van der Waals surface area contributed by atoms with Crippen LogP contribution in [0.5, 0.6) is 0 Å². The zero-order valence-electron chi connectivity index (χ0n) is 12.1. The molecule has 18 heavy (non-hydrogen) atoms. The Labute approximate surface area is 110 Å². The molecule has 1 aliphatic heterocycles. The van der Waals surface area contributed by atoms with E-state index in [0.717, 1.165) is 25.3 Å². The summed E-state index contributed by atoms with van der Waals surface area (Å²) in [6.45, 7) is 13.9. The number of rotatable bonds is 2. The number of piperazine rings is 1. The molecule has 5 heteroatoms. The van der Waals surface area contributed by atoms with Crippen LogP contribution in [0.2, 0.25) is 0 Å². The summed E-state index contributed by atoms with van der Waals surface area (Å²) >= 11 is 0. The lowest BCUT2D eigenvalue weighted by molar-refractivity contribution is 0.137.